The van der Waals surface area contributed by atoms with Gasteiger partial charge in [-0.25, -0.2) is 0 Å². The second-order valence-electron chi connectivity index (χ2n) is 7.54. The van der Waals surface area contributed by atoms with Gasteiger partial charge in [0.1, 0.15) is 0 Å². The molecular weight excluding hydrogens is 326 g/mol. The molecule has 0 aliphatic carbocycles. The first-order chi connectivity index (χ1) is 11.7. The van der Waals surface area contributed by atoms with Crippen LogP contribution in [0.2, 0.25) is 0 Å². The summed E-state index contributed by atoms with van der Waals surface area (Å²) in [5, 5.41) is 0. The molecule has 0 saturated carbocycles. The normalized spacial score (nSPS) is 12.6. The van der Waals surface area contributed by atoms with E-state index < -0.39 is 0 Å². The molecule has 0 radical (unpaired) electrons. The molecule has 0 fully saturated rings. The van der Waals surface area contributed by atoms with E-state index in [9.17, 15) is 0 Å². The molecule has 0 aliphatic heterocycles. The van der Waals surface area contributed by atoms with Crippen LogP contribution >= 0.6 is 12.4 Å². The largest absolute Gasteiger partial charge is 0.323 e. The van der Waals surface area contributed by atoms with Crippen LogP contribution in [0.3, 0.4) is 0 Å². The predicted molar refractivity (Wildman–Crippen MR) is 115 cm³/mol. The summed E-state index contributed by atoms with van der Waals surface area (Å²) < 4.78 is 0. The lowest BCUT2D eigenvalue weighted by atomic mass is 9.70. The van der Waals surface area contributed by atoms with Crippen molar-refractivity contribution in [2.75, 3.05) is 0 Å². The zero-order chi connectivity index (χ0) is 17.7. The highest BCUT2D eigenvalue weighted by atomic mass is 35.5. The highest BCUT2D eigenvalue weighted by molar-refractivity contribution is 5.85. The third kappa shape index (κ3) is 8.60. The summed E-state index contributed by atoms with van der Waals surface area (Å²) in [5.74, 6) is 0. The van der Waals surface area contributed by atoms with Gasteiger partial charge in [-0.2, -0.15) is 0 Å². The van der Waals surface area contributed by atoms with Crippen molar-refractivity contribution in [1.82, 2.24) is 0 Å². The Kier molecular flexibility index (Phi) is 14.3. The van der Waals surface area contributed by atoms with Crippen LogP contribution < -0.4 is 5.73 Å². The summed E-state index contributed by atoms with van der Waals surface area (Å²) >= 11 is 0. The number of halogens is 1. The fraction of sp³-hybridized carbons (Fsp3) is 0.739. The van der Waals surface area contributed by atoms with E-state index in [2.05, 4.69) is 51.1 Å². The van der Waals surface area contributed by atoms with Crippen LogP contribution in [0, 0.1) is 5.41 Å². The van der Waals surface area contributed by atoms with Crippen LogP contribution in [-0.4, -0.2) is 0 Å². The summed E-state index contributed by atoms with van der Waals surface area (Å²) in [5.41, 5.74) is 8.27. The van der Waals surface area contributed by atoms with Crippen LogP contribution in [0.5, 0.6) is 0 Å². The van der Waals surface area contributed by atoms with Crippen LogP contribution in [0.4, 0.5) is 0 Å². The Morgan fingerprint density at radius 1 is 0.760 bits per heavy atom. The summed E-state index contributed by atoms with van der Waals surface area (Å²) in [6.45, 7) is 6.92. The predicted octanol–water partition coefficient (Wildman–Crippen LogP) is 7.84. The molecule has 0 bridgehead atoms. The first kappa shape index (κ1) is 24.5. The molecule has 1 atom stereocenters. The Morgan fingerprint density at radius 2 is 1.24 bits per heavy atom. The van der Waals surface area contributed by atoms with Crippen molar-refractivity contribution in [3.8, 4) is 0 Å². The van der Waals surface area contributed by atoms with Gasteiger partial charge in [0, 0.05) is 6.04 Å². The molecule has 0 aliphatic rings. The second kappa shape index (κ2) is 14.6. The zero-order valence-electron chi connectivity index (χ0n) is 16.9. The van der Waals surface area contributed by atoms with Gasteiger partial charge in [0.2, 0.25) is 0 Å². The van der Waals surface area contributed by atoms with Crippen molar-refractivity contribution in [3.05, 3.63) is 35.9 Å². The highest BCUT2D eigenvalue weighted by Gasteiger charge is 2.33. The molecule has 2 N–H and O–H groups in total. The van der Waals surface area contributed by atoms with Gasteiger partial charge in [0.25, 0.3) is 0 Å². The lowest BCUT2D eigenvalue weighted by Gasteiger charge is -2.38. The zero-order valence-corrected chi connectivity index (χ0v) is 17.8. The molecule has 1 rings (SSSR count). The van der Waals surface area contributed by atoms with Crippen LogP contribution in [0.25, 0.3) is 0 Å². The third-order valence-electron chi connectivity index (χ3n) is 6.00. The fourth-order valence-corrected chi connectivity index (χ4v) is 4.00. The summed E-state index contributed by atoms with van der Waals surface area (Å²) in [6, 6.07) is 10.9. The van der Waals surface area contributed by atoms with Gasteiger partial charge in [-0.3, -0.25) is 0 Å². The molecule has 2 heteroatoms. The number of hydrogen-bond acceptors (Lipinski definition) is 1. The lowest BCUT2D eigenvalue weighted by Crippen LogP contribution is -2.33. The molecule has 1 unspecified atom stereocenters. The van der Waals surface area contributed by atoms with E-state index in [1.807, 2.05) is 0 Å². The number of hydrogen-bond donors (Lipinski definition) is 1. The smallest absolute Gasteiger partial charge is 0.0351 e. The molecule has 146 valence electrons. The van der Waals surface area contributed by atoms with Gasteiger partial charge in [0.15, 0.2) is 0 Å². The minimum atomic E-state index is 0. The van der Waals surface area contributed by atoms with E-state index >= 15 is 0 Å². The fourth-order valence-electron chi connectivity index (χ4n) is 4.00. The third-order valence-corrected chi connectivity index (χ3v) is 6.00. The van der Waals surface area contributed by atoms with Crippen molar-refractivity contribution in [1.29, 1.82) is 0 Å². The molecule has 0 spiro atoms. The van der Waals surface area contributed by atoms with Crippen molar-refractivity contribution in [2.24, 2.45) is 11.1 Å². The van der Waals surface area contributed by atoms with E-state index in [0.717, 1.165) is 0 Å². The van der Waals surface area contributed by atoms with Crippen molar-refractivity contribution >= 4 is 12.4 Å². The Bertz CT molecular complexity index is 400. The minimum Gasteiger partial charge on any atom is -0.323 e. The average Bonchev–Trinajstić information content (AvgIpc) is 2.64. The van der Waals surface area contributed by atoms with Crippen molar-refractivity contribution in [3.63, 3.8) is 0 Å². The quantitative estimate of drug-likeness (QED) is 0.333. The maximum absolute atomic E-state index is 6.70. The van der Waals surface area contributed by atoms with E-state index in [0.29, 0.717) is 0 Å². The van der Waals surface area contributed by atoms with Gasteiger partial charge in [0.05, 0.1) is 0 Å². The van der Waals surface area contributed by atoms with Crippen LogP contribution in [-0.2, 0) is 0 Å². The van der Waals surface area contributed by atoms with Crippen LogP contribution in [0.1, 0.15) is 109 Å². The molecular formula is C23H42ClN. The van der Waals surface area contributed by atoms with E-state index in [1.165, 1.54) is 82.6 Å². The van der Waals surface area contributed by atoms with Crippen LogP contribution in [0.15, 0.2) is 30.3 Å². The van der Waals surface area contributed by atoms with Crippen molar-refractivity contribution in [2.45, 2.75) is 104 Å². The number of unbranched alkanes of at least 4 members (excludes halogenated alkanes) is 8. The van der Waals surface area contributed by atoms with Gasteiger partial charge < -0.3 is 5.73 Å². The Labute approximate surface area is 163 Å². The maximum Gasteiger partial charge on any atom is 0.0351 e. The summed E-state index contributed by atoms with van der Waals surface area (Å²) in [7, 11) is 0. The number of benzene rings is 1. The molecule has 0 amide bonds. The second-order valence-corrected chi connectivity index (χ2v) is 7.54. The molecule has 0 heterocycles. The molecule has 1 aromatic rings. The topological polar surface area (TPSA) is 26.0 Å². The summed E-state index contributed by atoms with van der Waals surface area (Å²) in [6.07, 6.45) is 16.2. The molecule has 25 heavy (non-hydrogen) atoms. The Hall–Kier alpha value is -0.530. The molecule has 1 aromatic carbocycles. The number of nitrogens with two attached hydrogens (primary N) is 1. The maximum atomic E-state index is 6.70. The van der Waals surface area contributed by atoms with E-state index in [-0.39, 0.29) is 23.9 Å². The Balaban J connectivity index is 0.00000576. The first-order valence-corrected chi connectivity index (χ1v) is 10.5. The molecule has 0 saturated heterocycles. The monoisotopic (exact) mass is 367 g/mol. The standard InChI is InChI=1S/C23H41N.ClH/c1-4-7-8-9-10-11-12-13-17-20-23(5-2,6-3)22(24)21-18-15-14-16-19-21;/h14-16,18-19,22H,4-13,17,20,24H2,1-3H3;1H. The minimum absolute atomic E-state index is 0. The van der Waals surface area contributed by atoms with Gasteiger partial charge in [-0.1, -0.05) is 109 Å². The molecule has 0 aromatic heterocycles. The Morgan fingerprint density at radius 3 is 1.72 bits per heavy atom. The first-order valence-electron chi connectivity index (χ1n) is 10.5. The lowest BCUT2D eigenvalue weighted by molar-refractivity contribution is 0.178. The van der Waals surface area contributed by atoms with E-state index in [1.54, 1.807) is 0 Å². The SMILES string of the molecule is CCCCCCCCCCCC(CC)(CC)C(N)c1ccccc1.Cl. The van der Waals surface area contributed by atoms with Gasteiger partial charge in [-0.05, 0) is 30.2 Å². The highest BCUT2D eigenvalue weighted by Crippen LogP contribution is 2.43. The molecule has 1 nitrogen and oxygen atoms in total. The van der Waals surface area contributed by atoms with E-state index in [4.69, 9.17) is 5.73 Å². The van der Waals surface area contributed by atoms with Crippen molar-refractivity contribution < 1.29 is 0 Å². The van der Waals surface area contributed by atoms with Gasteiger partial charge >= 0.3 is 0 Å². The average molecular weight is 368 g/mol. The summed E-state index contributed by atoms with van der Waals surface area (Å²) in [4.78, 5) is 0. The van der Waals surface area contributed by atoms with Gasteiger partial charge in [-0.15, -0.1) is 12.4 Å². The number of rotatable bonds is 14.